The molecule has 1 aliphatic heterocycles. The van der Waals surface area contributed by atoms with Crippen molar-refractivity contribution in [3.05, 3.63) is 0 Å². The third-order valence-electron chi connectivity index (χ3n) is 2.36. The zero-order valence-electron chi connectivity index (χ0n) is 8.57. The van der Waals surface area contributed by atoms with Crippen LogP contribution in [-0.2, 0) is 9.53 Å². The third-order valence-corrected chi connectivity index (χ3v) is 3.91. The Morgan fingerprint density at radius 3 is 2.79 bits per heavy atom. The largest absolute Gasteiger partial charge is 0.481 e. The molecule has 0 radical (unpaired) electrons. The van der Waals surface area contributed by atoms with Gasteiger partial charge in [-0.3, -0.25) is 4.79 Å². The molecule has 1 heterocycles. The number of carboxylic acid groups (broad SMARTS) is 1. The number of hydrogen-bond donors (Lipinski definition) is 1. The van der Waals surface area contributed by atoms with Gasteiger partial charge in [-0.1, -0.05) is 6.92 Å². The summed E-state index contributed by atoms with van der Waals surface area (Å²) in [6, 6.07) is 0. The quantitative estimate of drug-likeness (QED) is 0.768. The first-order valence-electron chi connectivity index (χ1n) is 5.13. The first-order valence-corrected chi connectivity index (χ1v) is 6.07. The predicted molar refractivity (Wildman–Crippen MR) is 57.8 cm³/mol. The summed E-state index contributed by atoms with van der Waals surface area (Å²) in [5.41, 5.74) is 0. The highest BCUT2D eigenvalue weighted by atomic mass is 32.2. The van der Waals surface area contributed by atoms with Gasteiger partial charge in [-0.05, 0) is 19.3 Å². The Balaban J connectivity index is 2.11. The smallest absolute Gasteiger partial charge is 0.303 e. The van der Waals surface area contributed by atoms with Crippen molar-refractivity contribution in [3.63, 3.8) is 0 Å². The topological polar surface area (TPSA) is 46.5 Å². The molecule has 0 amide bonds. The van der Waals surface area contributed by atoms with E-state index in [1.807, 2.05) is 11.8 Å². The summed E-state index contributed by atoms with van der Waals surface area (Å²) >= 11 is 1.92. The normalized spacial score (nSPS) is 20.6. The SMILES string of the molecule is CC(CCC(=O)O)SC1CCOCC1. The van der Waals surface area contributed by atoms with Crippen LogP contribution in [0.3, 0.4) is 0 Å². The van der Waals surface area contributed by atoms with E-state index in [4.69, 9.17) is 9.84 Å². The van der Waals surface area contributed by atoms with Gasteiger partial charge in [-0.2, -0.15) is 11.8 Å². The second kappa shape index (κ2) is 6.30. The second-order valence-corrected chi connectivity index (χ2v) is 5.43. The van der Waals surface area contributed by atoms with E-state index in [0.717, 1.165) is 32.5 Å². The van der Waals surface area contributed by atoms with E-state index < -0.39 is 5.97 Å². The van der Waals surface area contributed by atoms with Gasteiger partial charge in [0.15, 0.2) is 0 Å². The molecule has 1 N–H and O–H groups in total. The molecule has 14 heavy (non-hydrogen) atoms. The van der Waals surface area contributed by atoms with Crippen molar-refractivity contribution in [1.29, 1.82) is 0 Å². The van der Waals surface area contributed by atoms with Crippen LogP contribution < -0.4 is 0 Å². The standard InChI is InChI=1S/C10H18O3S/c1-8(2-3-10(11)12)14-9-4-6-13-7-5-9/h8-9H,2-7H2,1H3,(H,11,12). The van der Waals surface area contributed by atoms with E-state index in [1.165, 1.54) is 0 Å². The molecule has 0 aromatic heterocycles. The number of thioether (sulfide) groups is 1. The first kappa shape index (κ1) is 11.9. The van der Waals surface area contributed by atoms with Gasteiger partial charge in [0.25, 0.3) is 0 Å². The number of carboxylic acids is 1. The zero-order chi connectivity index (χ0) is 10.4. The molecule has 0 aromatic carbocycles. The number of carbonyl (C=O) groups is 1. The fourth-order valence-corrected chi connectivity index (χ4v) is 2.91. The molecule has 3 nitrogen and oxygen atoms in total. The Morgan fingerprint density at radius 1 is 1.57 bits per heavy atom. The van der Waals surface area contributed by atoms with Crippen molar-refractivity contribution in [1.82, 2.24) is 0 Å². The van der Waals surface area contributed by atoms with Crippen molar-refractivity contribution in [3.8, 4) is 0 Å². The van der Waals surface area contributed by atoms with E-state index in [9.17, 15) is 4.79 Å². The Kier molecular flexibility index (Phi) is 5.33. The maximum absolute atomic E-state index is 10.4. The molecular formula is C10H18O3S. The Bertz CT molecular complexity index is 178. The summed E-state index contributed by atoms with van der Waals surface area (Å²) < 4.78 is 5.27. The molecule has 1 fully saturated rings. The van der Waals surface area contributed by atoms with Gasteiger partial charge in [0.2, 0.25) is 0 Å². The number of aliphatic carboxylic acids is 1. The molecule has 0 aromatic rings. The van der Waals surface area contributed by atoms with E-state index in [1.54, 1.807) is 0 Å². The molecule has 82 valence electrons. The Labute approximate surface area is 89.2 Å². The molecular weight excluding hydrogens is 200 g/mol. The zero-order valence-corrected chi connectivity index (χ0v) is 9.39. The molecule has 0 bridgehead atoms. The lowest BCUT2D eigenvalue weighted by atomic mass is 10.2. The van der Waals surface area contributed by atoms with Crippen molar-refractivity contribution < 1.29 is 14.6 Å². The lowest BCUT2D eigenvalue weighted by Gasteiger charge is -2.24. The number of hydrogen-bond acceptors (Lipinski definition) is 3. The average Bonchev–Trinajstić information content (AvgIpc) is 2.16. The van der Waals surface area contributed by atoms with Crippen LogP contribution in [0.15, 0.2) is 0 Å². The summed E-state index contributed by atoms with van der Waals surface area (Å²) in [6.07, 6.45) is 3.29. The Hall–Kier alpha value is -0.220. The highest BCUT2D eigenvalue weighted by molar-refractivity contribution is 8.00. The fourth-order valence-electron chi connectivity index (χ4n) is 1.54. The second-order valence-electron chi connectivity index (χ2n) is 3.69. The van der Waals surface area contributed by atoms with Crippen LogP contribution in [0, 0.1) is 0 Å². The fraction of sp³-hybridized carbons (Fsp3) is 0.900. The van der Waals surface area contributed by atoms with Gasteiger partial charge in [0, 0.05) is 30.1 Å². The van der Waals surface area contributed by atoms with E-state index >= 15 is 0 Å². The summed E-state index contributed by atoms with van der Waals surface area (Å²) in [6.45, 7) is 3.84. The van der Waals surface area contributed by atoms with Gasteiger partial charge < -0.3 is 9.84 Å². The maximum atomic E-state index is 10.4. The monoisotopic (exact) mass is 218 g/mol. The number of rotatable bonds is 5. The minimum atomic E-state index is -0.690. The van der Waals surface area contributed by atoms with Crippen LogP contribution >= 0.6 is 11.8 Å². The van der Waals surface area contributed by atoms with Crippen LogP contribution in [0.25, 0.3) is 0 Å². The van der Waals surface area contributed by atoms with Crippen molar-refractivity contribution in [2.75, 3.05) is 13.2 Å². The first-order chi connectivity index (χ1) is 6.68. The minimum absolute atomic E-state index is 0.289. The summed E-state index contributed by atoms with van der Waals surface area (Å²) in [4.78, 5) is 10.4. The van der Waals surface area contributed by atoms with Gasteiger partial charge in [0.1, 0.15) is 0 Å². The highest BCUT2D eigenvalue weighted by Gasteiger charge is 2.17. The summed E-state index contributed by atoms with van der Waals surface area (Å²) in [5.74, 6) is -0.690. The van der Waals surface area contributed by atoms with Gasteiger partial charge in [-0.15, -0.1) is 0 Å². The maximum Gasteiger partial charge on any atom is 0.303 e. The lowest BCUT2D eigenvalue weighted by molar-refractivity contribution is -0.137. The van der Waals surface area contributed by atoms with Crippen LogP contribution in [-0.4, -0.2) is 34.8 Å². The molecule has 0 aliphatic carbocycles. The predicted octanol–water partition coefficient (Wildman–Crippen LogP) is 2.15. The third kappa shape index (κ3) is 4.86. The van der Waals surface area contributed by atoms with E-state index in [2.05, 4.69) is 6.92 Å². The minimum Gasteiger partial charge on any atom is -0.481 e. The van der Waals surface area contributed by atoms with Crippen LogP contribution in [0.5, 0.6) is 0 Å². The number of ether oxygens (including phenoxy) is 1. The van der Waals surface area contributed by atoms with Crippen LogP contribution in [0.2, 0.25) is 0 Å². The molecule has 0 spiro atoms. The average molecular weight is 218 g/mol. The molecule has 1 saturated heterocycles. The van der Waals surface area contributed by atoms with Crippen LogP contribution in [0.4, 0.5) is 0 Å². The molecule has 1 unspecified atom stereocenters. The van der Waals surface area contributed by atoms with Crippen LogP contribution in [0.1, 0.15) is 32.6 Å². The van der Waals surface area contributed by atoms with Crippen molar-refractivity contribution in [2.45, 2.75) is 43.1 Å². The molecule has 1 aliphatic rings. The molecule has 0 saturated carbocycles. The molecule has 1 atom stereocenters. The van der Waals surface area contributed by atoms with Crippen molar-refractivity contribution in [2.24, 2.45) is 0 Å². The summed E-state index contributed by atoms with van der Waals surface area (Å²) in [7, 11) is 0. The van der Waals surface area contributed by atoms with Gasteiger partial charge in [-0.25, -0.2) is 0 Å². The Morgan fingerprint density at radius 2 is 2.21 bits per heavy atom. The van der Waals surface area contributed by atoms with E-state index in [-0.39, 0.29) is 6.42 Å². The molecule has 1 rings (SSSR count). The van der Waals surface area contributed by atoms with E-state index in [0.29, 0.717) is 10.5 Å². The van der Waals surface area contributed by atoms with Gasteiger partial charge >= 0.3 is 5.97 Å². The lowest BCUT2D eigenvalue weighted by Crippen LogP contribution is -2.20. The van der Waals surface area contributed by atoms with Crippen molar-refractivity contribution >= 4 is 17.7 Å². The van der Waals surface area contributed by atoms with Gasteiger partial charge in [0.05, 0.1) is 0 Å². The highest BCUT2D eigenvalue weighted by Crippen LogP contribution is 2.28. The summed E-state index contributed by atoms with van der Waals surface area (Å²) in [5, 5.41) is 9.67. The molecule has 4 heteroatoms.